The third-order valence-corrected chi connectivity index (χ3v) is 3.76. The number of guanidine groups is 1. The molecule has 0 amide bonds. The highest BCUT2D eigenvalue weighted by molar-refractivity contribution is 5.76. The van der Waals surface area contributed by atoms with E-state index in [4.69, 9.17) is 21.9 Å². The molecule has 6 nitrogen and oxygen atoms in total. The lowest BCUT2D eigenvalue weighted by Crippen LogP contribution is -2.32. The monoisotopic (exact) mass is 328 g/mol. The fourth-order valence-corrected chi connectivity index (χ4v) is 2.33. The normalized spacial score (nSPS) is 11.9. The van der Waals surface area contributed by atoms with Gasteiger partial charge >= 0.3 is 5.97 Å². The summed E-state index contributed by atoms with van der Waals surface area (Å²) in [5.41, 5.74) is 16.2. The van der Waals surface area contributed by atoms with Gasteiger partial charge in [0.25, 0.3) is 0 Å². The molecule has 0 aliphatic rings. The van der Waals surface area contributed by atoms with Crippen molar-refractivity contribution in [3.8, 4) is 0 Å². The molecule has 0 heterocycles. The summed E-state index contributed by atoms with van der Waals surface area (Å²) in [7, 11) is 0. The molecule has 0 spiro atoms. The van der Waals surface area contributed by atoms with E-state index in [1.165, 1.54) is 44.9 Å². The first-order valence-corrected chi connectivity index (χ1v) is 9.05. The first-order chi connectivity index (χ1) is 11.1. The summed E-state index contributed by atoms with van der Waals surface area (Å²) in [6.45, 7) is 3.19. The van der Waals surface area contributed by atoms with E-state index in [9.17, 15) is 4.79 Å². The van der Waals surface area contributed by atoms with Gasteiger partial charge in [-0.3, -0.25) is 9.79 Å². The lowest BCUT2D eigenvalue weighted by atomic mass is 10.1. The molecule has 0 radical (unpaired) electrons. The Labute approximate surface area is 141 Å². The van der Waals surface area contributed by atoms with Gasteiger partial charge in [-0.25, -0.2) is 0 Å². The van der Waals surface area contributed by atoms with E-state index < -0.39 is 6.04 Å². The van der Waals surface area contributed by atoms with Crippen molar-refractivity contribution in [2.24, 2.45) is 22.2 Å². The molecule has 0 aliphatic heterocycles. The number of nitrogens with two attached hydrogens (primary N) is 3. The summed E-state index contributed by atoms with van der Waals surface area (Å²) in [5.74, 6) is -0.263. The zero-order valence-corrected chi connectivity index (χ0v) is 14.8. The maximum absolute atomic E-state index is 11.7. The fraction of sp³-hybridized carbons (Fsp3) is 0.882. The number of carbonyl (C=O) groups excluding carboxylic acids is 1. The van der Waals surface area contributed by atoms with Gasteiger partial charge in [-0.15, -0.1) is 0 Å². The SMILES string of the molecule is CCCCCCCCCCCOC(=O)[C@@H](N)CCCN=C(N)N. The van der Waals surface area contributed by atoms with Crippen LogP contribution in [0.3, 0.4) is 0 Å². The van der Waals surface area contributed by atoms with Crippen molar-refractivity contribution < 1.29 is 9.53 Å². The minimum absolute atomic E-state index is 0.0616. The van der Waals surface area contributed by atoms with Crippen molar-refractivity contribution in [1.82, 2.24) is 0 Å². The molecule has 6 heteroatoms. The molecule has 0 bridgehead atoms. The highest BCUT2D eigenvalue weighted by Crippen LogP contribution is 2.09. The lowest BCUT2D eigenvalue weighted by Gasteiger charge is -2.10. The smallest absolute Gasteiger partial charge is 0.322 e. The van der Waals surface area contributed by atoms with Gasteiger partial charge in [-0.2, -0.15) is 0 Å². The number of hydrogen-bond donors (Lipinski definition) is 3. The van der Waals surface area contributed by atoms with Crippen molar-refractivity contribution in [1.29, 1.82) is 0 Å². The van der Waals surface area contributed by atoms with Crippen molar-refractivity contribution >= 4 is 11.9 Å². The van der Waals surface area contributed by atoms with Crippen LogP contribution in [0.15, 0.2) is 4.99 Å². The first-order valence-electron chi connectivity index (χ1n) is 9.05. The predicted octanol–water partition coefficient (Wildman–Crippen LogP) is 2.44. The number of esters is 1. The Morgan fingerprint density at radius 1 is 0.957 bits per heavy atom. The van der Waals surface area contributed by atoms with Crippen molar-refractivity contribution in [2.75, 3.05) is 13.2 Å². The summed E-state index contributed by atoms with van der Waals surface area (Å²) < 4.78 is 5.19. The summed E-state index contributed by atoms with van der Waals surface area (Å²) in [5, 5.41) is 0. The van der Waals surface area contributed by atoms with E-state index in [0.29, 0.717) is 26.0 Å². The molecule has 0 rings (SSSR count). The molecule has 0 saturated carbocycles. The number of carbonyl (C=O) groups is 1. The number of unbranched alkanes of at least 4 members (excludes halogenated alkanes) is 8. The number of rotatable bonds is 15. The number of ether oxygens (including phenoxy) is 1. The van der Waals surface area contributed by atoms with Crippen molar-refractivity contribution in [3.63, 3.8) is 0 Å². The molecular weight excluding hydrogens is 292 g/mol. The fourth-order valence-electron chi connectivity index (χ4n) is 2.33. The van der Waals surface area contributed by atoms with Gasteiger partial charge in [0, 0.05) is 6.54 Å². The number of aliphatic imine (C=N–C) groups is 1. The maximum Gasteiger partial charge on any atom is 0.322 e. The van der Waals surface area contributed by atoms with Gasteiger partial charge in [0.2, 0.25) is 0 Å². The minimum Gasteiger partial charge on any atom is -0.465 e. The molecule has 0 aromatic heterocycles. The van der Waals surface area contributed by atoms with Gasteiger partial charge in [0.1, 0.15) is 6.04 Å². The summed E-state index contributed by atoms with van der Waals surface area (Å²) >= 11 is 0. The van der Waals surface area contributed by atoms with Crippen LogP contribution in [0, 0.1) is 0 Å². The van der Waals surface area contributed by atoms with Crippen LogP contribution in [0.5, 0.6) is 0 Å². The molecule has 136 valence electrons. The van der Waals surface area contributed by atoms with Crippen LogP contribution in [-0.2, 0) is 9.53 Å². The molecule has 0 fully saturated rings. The van der Waals surface area contributed by atoms with Crippen LogP contribution in [0.2, 0.25) is 0 Å². The topological polar surface area (TPSA) is 117 Å². The Morgan fingerprint density at radius 2 is 1.52 bits per heavy atom. The second-order valence-corrected chi connectivity index (χ2v) is 6.05. The summed E-state index contributed by atoms with van der Waals surface area (Å²) in [6.07, 6.45) is 12.4. The average Bonchev–Trinajstić information content (AvgIpc) is 2.52. The average molecular weight is 329 g/mol. The second kappa shape index (κ2) is 15.6. The molecule has 0 aromatic rings. The van der Waals surface area contributed by atoms with Crippen molar-refractivity contribution in [2.45, 2.75) is 83.6 Å². The van der Waals surface area contributed by atoms with Crippen LogP contribution in [-0.4, -0.2) is 31.1 Å². The zero-order valence-electron chi connectivity index (χ0n) is 14.8. The van der Waals surface area contributed by atoms with Gasteiger partial charge in [0.15, 0.2) is 5.96 Å². The molecule has 0 unspecified atom stereocenters. The zero-order chi connectivity index (χ0) is 17.3. The van der Waals surface area contributed by atoms with E-state index >= 15 is 0 Å². The third-order valence-electron chi connectivity index (χ3n) is 3.76. The van der Waals surface area contributed by atoms with Gasteiger partial charge in [-0.1, -0.05) is 58.3 Å². The predicted molar refractivity (Wildman–Crippen MR) is 96.1 cm³/mol. The largest absolute Gasteiger partial charge is 0.465 e. The lowest BCUT2D eigenvalue weighted by molar-refractivity contribution is -0.145. The highest BCUT2D eigenvalue weighted by Gasteiger charge is 2.13. The molecule has 0 aliphatic carbocycles. The van der Waals surface area contributed by atoms with Crippen LogP contribution in [0.1, 0.15) is 77.6 Å². The van der Waals surface area contributed by atoms with Crippen LogP contribution >= 0.6 is 0 Å². The van der Waals surface area contributed by atoms with Gasteiger partial charge in [-0.05, 0) is 19.3 Å². The van der Waals surface area contributed by atoms with Crippen molar-refractivity contribution in [3.05, 3.63) is 0 Å². The van der Waals surface area contributed by atoms with Crippen LogP contribution in [0.4, 0.5) is 0 Å². The molecular formula is C17H36N4O2. The summed E-state index contributed by atoms with van der Waals surface area (Å²) in [6, 6.07) is -0.581. The van der Waals surface area contributed by atoms with E-state index in [1.54, 1.807) is 0 Å². The highest BCUT2D eigenvalue weighted by atomic mass is 16.5. The number of hydrogen-bond acceptors (Lipinski definition) is 4. The molecule has 0 saturated heterocycles. The van der Waals surface area contributed by atoms with E-state index in [2.05, 4.69) is 11.9 Å². The Morgan fingerprint density at radius 3 is 2.09 bits per heavy atom. The Balaban J connectivity index is 3.40. The standard InChI is InChI=1S/C17H36N4O2/c1-2-3-4-5-6-7-8-9-10-14-23-16(22)15(18)12-11-13-21-17(19)20/h15H,2-14,18H2,1H3,(H4,19,20,21)/t15-/m0/s1. The van der Waals surface area contributed by atoms with E-state index in [0.717, 1.165) is 12.8 Å². The first kappa shape index (κ1) is 21.7. The Kier molecular flexibility index (Phi) is 14.7. The summed E-state index contributed by atoms with van der Waals surface area (Å²) in [4.78, 5) is 15.5. The number of nitrogens with zero attached hydrogens (tertiary/aromatic N) is 1. The molecule has 23 heavy (non-hydrogen) atoms. The second-order valence-electron chi connectivity index (χ2n) is 6.05. The molecule has 1 atom stereocenters. The van der Waals surface area contributed by atoms with Crippen LogP contribution < -0.4 is 17.2 Å². The quantitative estimate of drug-likeness (QED) is 0.185. The Hall–Kier alpha value is -1.30. The molecule has 0 aromatic carbocycles. The van der Waals surface area contributed by atoms with Crippen LogP contribution in [0.25, 0.3) is 0 Å². The molecule has 6 N–H and O–H groups in total. The van der Waals surface area contributed by atoms with E-state index in [-0.39, 0.29) is 11.9 Å². The van der Waals surface area contributed by atoms with E-state index in [1.807, 2.05) is 0 Å². The Bertz CT molecular complexity index is 318. The third kappa shape index (κ3) is 15.4. The van der Waals surface area contributed by atoms with Gasteiger partial charge in [0.05, 0.1) is 6.61 Å². The maximum atomic E-state index is 11.7. The minimum atomic E-state index is -0.581. The van der Waals surface area contributed by atoms with Gasteiger partial charge < -0.3 is 21.9 Å².